The van der Waals surface area contributed by atoms with Crippen molar-refractivity contribution < 1.29 is 13.2 Å². The quantitative estimate of drug-likeness (QED) is 0.234. The number of ether oxygens (including phenoxy) is 1. The van der Waals surface area contributed by atoms with Crippen LogP contribution in [0.15, 0.2) is 64.6 Å². The molecule has 0 aliphatic heterocycles. The van der Waals surface area contributed by atoms with Gasteiger partial charge in [0.2, 0.25) is 9.84 Å². The maximum absolute atomic E-state index is 13.5. The second-order valence-corrected chi connectivity index (χ2v) is 10.8. The lowest BCUT2D eigenvalue weighted by molar-refractivity contribution is 0.243. The average molecular weight is 485 g/mol. The van der Waals surface area contributed by atoms with E-state index in [0.29, 0.717) is 34.1 Å². The van der Waals surface area contributed by atoms with Crippen LogP contribution in [0.3, 0.4) is 0 Å². The summed E-state index contributed by atoms with van der Waals surface area (Å²) >= 11 is 0. The number of sulfone groups is 1. The first-order chi connectivity index (χ1) is 16.5. The van der Waals surface area contributed by atoms with Gasteiger partial charge in [-0.1, -0.05) is 39.7 Å². The highest BCUT2D eigenvalue weighted by Crippen LogP contribution is 2.31. The maximum atomic E-state index is 13.5. The van der Waals surface area contributed by atoms with Gasteiger partial charge >= 0.3 is 0 Å². The van der Waals surface area contributed by atoms with Gasteiger partial charge in [-0.3, -0.25) is 0 Å². The molecular weight excluding hydrogens is 444 g/mol. The zero-order valence-corrected chi connectivity index (χ0v) is 21.8. The molecule has 0 radical (unpaired) electrons. The Hall–Kier alpha value is -2.31. The Bertz CT molecular complexity index is 1110. The van der Waals surface area contributed by atoms with E-state index in [1.54, 1.807) is 24.3 Å². The van der Waals surface area contributed by atoms with Crippen molar-refractivity contribution in [2.24, 2.45) is 0 Å². The van der Waals surface area contributed by atoms with Crippen molar-refractivity contribution in [3.8, 4) is 5.75 Å². The number of aryl methyl sites for hydroxylation is 1. The van der Waals surface area contributed by atoms with Gasteiger partial charge in [0, 0.05) is 12.4 Å². The van der Waals surface area contributed by atoms with E-state index in [1.165, 1.54) is 38.8 Å². The van der Waals surface area contributed by atoms with Crippen molar-refractivity contribution in [1.29, 1.82) is 0 Å². The average Bonchev–Trinajstić information content (AvgIpc) is 3.25. The smallest absolute Gasteiger partial charge is 0.208 e. The van der Waals surface area contributed by atoms with Crippen LogP contribution >= 0.6 is 0 Å². The molecule has 186 valence electrons. The molecule has 3 aromatic rings. The molecule has 0 saturated heterocycles. The third-order valence-electron chi connectivity index (χ3n) is 6.29. The Labute approximate surface area is 205 Å². The first kappa shape index (κ1) is 26.3. The Balaban J connectivity index is 1.57. The predicted octanol–water partition coefficient (Wildman–Crippen LogP) is 6.40. The number of hydrogen-bond donors (Lipinski definition) is 0. The lowest BCUT2D eigenvalue weighted by Crippen LogP contribution is -2.27. The molecule has 0 aliphatic rings. The number of rotatable bonds is 15. The summed E-state index contributed by atoms with van der Waals surface area (Å²) in [6.07, 6.45) is 11.5. The number of nitrogens with zero attached hydrogens (tertiary/aromatic N) is 2. The van der Waals surface area contributed by atoms with E-state index >= 15 is 0 Å². The van der Waals surface area contributed by atoms with E-state index in [4.69, 9.17) is 4.74 Å². The predicted molar refractivity (Wildman–Crippen MR) is 140 cm³/mol. The summed E-state index contributed by atoms with van der Waals surface area (Å²) in [4.78, 5) is 3.27. The fourth-order valence-electron chi connectivity index (χ4n) is 4.27. The summed E-state index contributed by atoms with van der Waals surface area (Å²) in [7, 11) is -3.62. The molecule has 0 atom stereocenters. The normalized spacial score (nSPS) is 12.0. The number of fused-ring (bicyclic) bond motifs is 1. The van der Waals surface area contributed by atoms with Gasteiger partial charge in [0.1, 0.15) is 10.6 Å². The summed E-state index contributed by atoms with van der Waals surface area (Å²) in [6.45, 7) is 10.6. The Kier molecular flexibility index (Phi) is 10.0. The van der Waals surface area contributed by atoms with Crippen LogP contribution in [0.4, 0.5) is 0 Å². The zero-order valence-electron chi connectivity index (χ0n) is 21.0. The van der Waals surface area contributed by atoms with E-state index in [9.17, 15) is 8.42 Å². The van der Waals surface area contributed by atoms with Crippen molar-refractivity contribution in [2.75, 3.05) is 26.2 Å². The van der Waals surface area contributed by atoms with Crippen LogP contribution in [0.2, 0.25) is 0 Å². The van der Waals surface area contributed by atoms with Crippen LogP contribution in [-0.4, -0.2) is 44.0 Å². The fraction of sp³-hybridized carbons (Fsp3) is 0.500. The van der Waals surface area contributed by atoms with Crippen molar-refractivity contribution in [3.05, 3.63) is 60.4 Å². The molecule has 0 unspecified atom stereocenters. The topological polar surface area (TPSA) is 51.0 Å². The summed E-state index contributed by atoms with van der Waals surface area (Å²) in [6, 6.07) is 12.5. The molecule has 0 amide bonds. The summed E-state index contributed by atoms with van der Waals surface area (Å²) < 4.78 is 34.7. The monoisotopic (exact) mass is 484 g/mol. The molecule has 1 aromatic carbocycles. The molecule has 0 spiro atoms. The highest BCUT2D eigenvalue weighted by atomic mass is 32.2. The van der Waals surface area contributed by atoms with Gasteiger partial charge in [-0.15, -0.1) is 0 Å². The van der Waals surface area contributed by atoms with E-state index in [-0.39, 0.29) is 0 Å². The minimum absolute atomic E-state index is 0.300. The van der Waals surface area contributed by atoms with Gasteiger partial charge in [0.25, 0.3) is 0 Å². The Morgan fingerprint density at radius 2 is 1.53 bits per heavy atom. The van der Waals surface area contributed by atoms with Gasteiger partial charge in [0.15, 0.2) is 0 Å². The summed E-state index contributed by atoms with van der Waals surface area (Å²) in [5.41, 5.74) is 1.55. The molecule has 2 heterocycles. The van der Waals surface area contributed by atoms with Gasteiger partial charge in [-0.25, -0.2) is 8.42 Å². The van der Waals surface area contributed by atoms with Crippen LogP contribution in [0.5, 0.6) is 5.75 Å². The molecule has 2 aromatic heterocycles. The third-order valence-corrected chi connectivity index (χ3v) is 8.19. The Morgan fingerprint density at radius 1 is 0.853 bits per heavy atom. The van der Waals surface area contributed by atoms with Crippen LogP contribution in [0.1, 0.15) is 64.9 Å². The fourth-order valence-corrected chi connectivity index (χ4v) is 5.99. The lowest BCUT2D eigenvalue weighted by Gasteiger charge is -2.21. The molecule has 6 heteroatoms. The molecule has 5 nitrogen and oxygen atoms in total. The number of hydrogen-bond acceptors (Lipinski definition) is 4. The van der Waals surface area contributed by atoms with Gasteiger partial charge < -0.3 is 14.0 Å². The van der Waals surface area contributed by atoms with Gasteiger partial charge in [0.05, 0.1) is 17.0 Å². The highest BCUT2D eigenvalue weighted by Gasteiger charge is 2.25. The van der Waals surface area contributed by atoms with E-state index < -0.39 is 9.84 Å². The third kappa shape index (κ3) is 6.63. The lowest BCUT2D eigenvalue weighted by atomic mass is 10.2. The number of pyridine rings is 1. The number of aromatic nitrogens is 1. The molecule has 34 heavy (non-hydrogen) atoms. The minimum atomic E-state index is -3.62. The van der Waals surface area contributed by atoms with Crippen molar-refractivity contribution in [2.45, 2.75) is 75.5 Å². The van der Waals surface area contributed by atoms with Gasteiger partial charge in [-0.2, -0.15) is 0 Å². The minimum Gasteiger partial charge on any atom is -0.494 e. The van der Waals surface area contributed by atoms with Crippen LogP contribution in [0, 0.1) is 0 Å². The van der Waals surface area contributed by atoms with Crippen LogP contribution in [-0.2, 0) is 16.3 Å². The summed E-state index contributed by atoms with van der Waals surface area (Å²) in [5.74, 6) is 0.713. The molecule has 0 aliphatic carbocycles. The standard InChI is InChI=1S/C28H40N2O3S/c1-4-7-18-29(19-8-5-2)20-11-12-22-33-25-14-16-26(17-15-25)34(31,32)28-24(6-3)23-30-21-10-9-13-27(28)30/h9-10,13-17,21,23H,4-8,11-12,18-20,22H2,1-3H3. The van der Waals surface area contributed by atoms with E-state index in [0.717, 1.165) is 24.9 Å². The zero-order chi connectivity index (χ0) is 24.4. The van der Waals surface area contributed by atoms with Crippen molar-refractivity contribution >= 4 is 15.4 Å². The second-order valence-electron chi connectivity index (χ2n) is 8.91. The van der Waals surface area contributed by atoms with Crippen LogP contribution in [0.25, 0.3) is 5.52 Å². The van der Waals surface area contributed by atoms with Crippen molar-refractivity contribution in [1.82, 2.24) is 9.30 Å². The van der Waals surface area contributed by atoms with E-state index in [2.05, 4.69) is 18.7 Å². The number of unbranched alkanes of at least 4 members (excludes halogenated alkanes) is 3. The molecule has 0 N–H and O–H groups in total. The first-order valence-electron chi connectivity index (χ1n) is 12.8. The maximum Gasteiger partial charge on any atom is 0.208 e. The second kappa shape index (κ2) is 13.0. The summed E-state index contributed by atoms with van der Waals surface area (Å²) in [5, 5.41) is 0. The van der Waals surface area contributed by atoms with Crippen LogP contribution < -0.4 is 4.74 Å². The van der Waals surface area contributed by atoms with Crippen molar-refractivity contribution in [3.63, 3.8) is 0 Å². The molecule has 0 fully saturated rings. The largest absolute Gasteiger partial charge is 0.494 e. The number of benzene rings is 1. The Morgan fingerprint density at radius 3 is 2.18 bits per heavy atom. The molecule has 0 saturated carbocycles. The first-order valence-corrected chi connectivity index (χ1v) is 14.3. The molecule has 3 rings (SSSR count). The highest BCUT2D eigenvalue weighted by molar-refractivity contribution is 7.91. The SMILES string of the molecule is CCCCN(CCCC)CCCCOc1ccc(S(=O)(=O)c2c(CC)cn3ccccc23)cc1. The molecule has 0 bridgehead atoms. The van der Waals surface area contributed by atoms with E-state index in [1.807, 2.05) is 41.9 Å². The molecular formula is C28H40N2O3S. The van der Waals surface area contributed by atoms with Gasteiger partial charge in [-0.05, 0) is 93.7 Å².